The number of hydrogen-bond acceptors (Lipinski definition) is 6. The summed E-state index contributed by atoms with van der Waals surface area (Å²) in [6.45, 7) is 6.89. The average molecular weight is 428 g/mol. The van der Waals surface area contributed by atoms with E-state index in [0.29, 0.717) is 24.4 Å². The van der Waals surface area contributed by atoms with Crippen LogP contribution in [0.5, 0.6) is 0 Å². The number of esters is 1. The maximum atomic E-state index is 12.2. The smallest absolute Gasteiger partial charge is 0.308 e. The lowest BCUT2D eigenvalue weighted by atomic mass is 9.82. The summed E-state index contributed by atoms with van der Waals surface area (Å²) >= 11 is 1.71. The van der Waals surface area contributed by atoms with Crippen molar-refractivity contribution in [2.24, 2.45) is 11.8 Å². The minimum absolute atomic E-state index is 0.0195. The van der Waals surface area contributed by atoms with E-state index in [1.54, 1.807) is 11.3 Å². The maximum absolute atomic E-state index is 12.2. The van der Waals surface area contributed by atoms with Crippen molar-refractivity contribution in [1.82, 2.24) is 15.5 Å². The van der Waals surface area contributed by atoms with Crippen LogP contribution in [0.25, 0.3) is 10.6 Å². The van der Waals surface area contributed by atoms with E-state index in [-0.39, 0.29) is 11.9 Å². The monoisotopic (exact) mass is 427 g/mol. The number of carbonyl (C=O) groups excluding carboxylic acids is 1. The van der Waals surface area contributed by atoms with Crippen molar-refractivity contribution in [2.45, 2.75) is 64.2 Å². The normalized spacial score (nSPS) is 22.9. The molecule has 0 spiro atoms. The van der Waals surface area contributed by atoms with Gasteiger partial charge in [-0.1, -0.05) is 49.4 Å². The Balaban J connectivity index is 1.33. The third-order valence-electron chi connectivity index (χ3n) is 6.38. The molecule has 1 aromatic carbocycles. The number of piperidine rings is 1. The minimum Gasteiger partial charge on any atom is -0.465 e. The first kappa shape index (κ1) is 21.4. The standard InChI is InChI=1S/C24H33N3O2S/c1-16(2)15-29-24(28)21-9-7-20(8-10-21)23-27-26-22(30-23)19-5-3-17(4-6-19)18-11-13-25-14-12-18/h3-6,16,18,20-21,25H,7-15H2,1-2H3/t20-,21-. The molecular formula is C24H33N3O2S. The number of benzene rings is 1. The highest BCUT2D eigenvalue weighted by Crippen LogP contribution is 2.39. The largest absolute Gasteiger partial charge is 0.465 e. The van der Waals surface area contributed by atoms with Crippen LogP contribution in [0, 0.1) is 11.8 Å². The first-order chi connectivity index (χ1) is 14.6. The van der Waals surface area contributed by atoms with E-state index in [1.165, 1.54) is 18.4 Å². The van der Waals surface area contributed by atoms with Crippen LogP contribution in [-0.2, 0) is 9.53 Å². The lowest BCUT2D eigenvalue weighted by molar-refractivity contribution is -0.150. The molecule has 1 saturated heterocycles. The van der Waals surface area contributed by atoms with Crippen LogP contribution in [0.3, 0.4) is 0 Å². The summed E-state index contributed by atoms with van der Waals surface area (Å²) < 4.78 is 5.43. The van der Waals surface area contributed by atoms with E-state index in [2.05, 4.69) is 53.6 Å². The van der Waals surface area contributed by atoms with Crippen LogP contribution < -0.4 is 5.32 Å². The summed E-state index contributed by atoms with van der Waals surface area (Å²) in [4.78, 5) is 12.2. The van der Waals surface area contributed by atoms with Gasteiger partial charge in [-0.15, -0.1) is 10.2 Å². The molecule has 0 bridgehead atoms. The fourth-order valence-electron chi connectivity index (χ4n) is 4.51. The van der Waals surface area contributed by atoms with Crippen molar-refractivity contribution < 1.29 is 9.53 Å². The summed E-state index contributed by atoms with van der Waals surface area (Å²) in [6, 6.07) is 8.92. The summed E-state index contributed by atoms with van der Waals surface area (Å²) in [7, 11) is 0. The number of carbonyl (C=O) groups is 1. The van der Waals surface area contributed by atoms with E-state index in [1.807, 2.05) is 0 Å². The van der Waals surface area contributed by atoms with E-state index in [4.69, 9.17) is 4.74 Å². The Bertz CT molecular complexity index is 819. The van der Waals surface area contributed by atoms with Crippen molar-refractivity contribution in [3.63, 3.8) is 0 Å². The highest BCUT2D eigenvalue weighted by molar-refractivity contribution is 7.14. The summed E-state index contributed by atoms with van der Waals surface area (Å²) in [5.74, 6) is 1.51. The Labute approximate surface area is 183 Å². The molecule has 0 radical (unpaired) electrons. The Morgan fingerprint density at radius 3 is 2.40 bits per heavy atom. The number of nitrogens with one attached hydrogen (secondary N) is 1. The van der Waals surface area contributed by atoms with Crippen molar-refractivity contribution in [3.8, 4) is 10.6 Å². The van der Waals surface area contributed by atoms with Gasteiger partial charge in [0.05, 0.1) is 12.5 Å². The Hall–Kier alpha value is -1.79. The lowest BCUT2D eigenvalue weighted by Crippen LogP contribution is -2.26. The quantitative estimate of drug-likeness (QED) is 0.646. The number of aromatic nitrogens is 2. The molecule has 1 aliphatic carbocycles. The van der Waals surface area contributed by atoms with Crippen molar-refractivity contribution in [1.29, 1.82) is 0 Å². The van der Waals surface area contributed by atoms with Gasteiger partial charge < -0.3 is 10.1 Å². The Kier molecular flexibility index (Phi) is 7.16. The second-order valence-electron chi connectivity index (χ2n) is 9.16. The van der Waals surface area contributed by atoms with E-state index in [0.717, 1.165) is 54.4 Å². The predicted molar refractivity (Wildman–Crippen MR) is 121 cm³/mol. The zero-order chi connectivity index (χ0) is 20.9. The molecule has 4 rings (SSSR count). The molecule has 1 saturated carbocycles. The zero-order valence-electron chi connectivity index (χ0n) is 18.1. The molecule has 0 amide bonds. The first-order valence-electron chi connectivity index (χ1n) is 11.4. The molecule has 5 nitrogen and oxygen atoms in total. The highest BCUT2D eigenvalue weighted by atomic mass is 32.1. The maximum Gasteiger partial charge on any atom is 0.308 e. The number of hydrogen-bond donors (Lipinski definition) is 1. The van der Waals surface area contributed by atoms with Gasteiger partial charge in [0.2, 0.25) is 0 Å². The molecule has 1 aliphatic heterocycles. The molecular weight excluding hydrogens is 394 g/mol. The van der Waals surface area contributed by atoms with E-state index < -0.39 is 0 Å². The molecule has 6 heteroatoms. The van der Waals surface area contributed by atoms with Gasteiger partial charge in [0.15, 0.2) is 0 Å². The molecule has 0 atom stereocenters. The molecule has 2 fully saturated rings. The van der Waals surface area contributed by atoms with Gasteiger partial charge in [-0.25, -0.2) is 0 Å². The third kappa shape index (κ3) is 5.27. The van der Waals surface area contributed by atoms with Gasteiger partial charge in [-0.05, 0) is 69.0 Å². The van der Waals surface area contributed by atoms with Gasteiger partial charge in [-0.2, -0.15) is 0 Å². The Morgan fingerprint density at radius 1 is 1.03 bits per heavy atom. The second kappa shape index (κ2) is 10.0. The highest BCUT2D eigenvalue weighted by Gasteiger charge is 2.30. The zero-order valence-corrected chi connectivity index (χ0v) is 18.9. The van der Waals surface area contributed by atoms with Crippen molar-refractivity contribution in [2.75, 3.05) is 19.7 Å². The summed E-state index contributed by atoms with van der Waals surface area (Å²) in [5.41, 5.74) is 2.59. The fraction of sp³-hybridized carbons (Fsp3) is 0.625. The molecule has 2 aliphatic rings. The molecule has 2 aromatic rings. The van der Waals surface area contributed by atoms with Crippen molar-refractivity contribution >= 4 is 17.3 Å². The van der Waals surface area contributed by atoms with Gasteiger partial charge in [0, 0.05) is 11.5 Å². The minimum atomic E-state index is -0.0195. The predicted octanol–water partition coefficient (Wildman–Crippen LogP) is 5.15. The van der Waals surface area contributed by atoms with Crippen LogP contribution in [0.2, 0.25) is 0 Å². The molecule has 2 heterocycles. The van der Waals surface area contributed by atoms with Crippen LogP contribution in [-0.4, -0.2) is 35.9 Å². The van der Waals surface area contributed by atoms with Crippen LogP contribution in [0.1, 0.15) is 74.8 Å². The lowest BCUT2D eigenvalue weighted by Gasteiger charge is -2.25. The van der Waals surface area contributed by atoms with Gasteiger partial charge >= 0.3 is 5.97 Å². The Morgan fingerprint density at radius 2 is 1.73 bits per heavy atom. The van der Waals surface area contributed by atoms with Crippen LogP contribution in [0.15, 0.2) is 24.3 Å². The average Bonchev–Trinajstić information content (AvgIpc) is 3.28. The molecule has 162 valence electrons. The van der Waals surface area contributed by atoms with E-state index >= 15 is 0 Å². The fourth-order valence-corrected chi connectivity index (χ4v) is 5.53. The van der Waals surface area contributed by atoms with Crippen LogP contribution >= 0.6 is 11.3 Å². The summed E-state index contributed by atoms with van der Waals surface area (Å²) in [6.07, 6.45) is 6.20. The SMILES string of the molecule is CC(C)COC(=O)[C@H]1CC[C@H](c2nnc(-c3ccc(C4CCNCC4)cc3)s2)CC1. The van der Waals surface area contributed by atoms with Crippen LogP contribution in [0.4, 0.5) is 0 Å². The number of ether oxygens (including phenoxy) is 1. The first-order valence-corrected chi connectivity index (χ1v) is 12.2. The molecule has 1 aromatic heterocycles. The van der Waals surface area contributed by atoms with Crippen molar-refractivity contribution in [3.05, 3.63) is 34.8 Å². The number of nitrogens with zero attached hydrogens (tertiary/aromatic N) is 2. The van der Waals surface area contributed by atoms with Gasteiger partial charge in [-0.3, -0.25) is 4.79 Å². The topological polar surface area (TPSA) is 64.1 Å². The van der Waals surface area contributed by atoms with Gasteiger partial charge in [0.1, 0.15) is 10.0 Å². The second-order valence-corrected chi connectivity index (χ2v) is 10.2. The molecule has 0 unspecified atom stereocenters. The summed E-state index contributed by atoms with van der Waals surface area (Å²) in [5, 5.41) is 14.5. The molecule has 30 heavy (non-hydrogen) atoms. The molecule has 1 N–H and O–H groups in total. The van der Waals surface area contributed by atoms with E-state index in [9.17, 15) is 4.79 Å². The van der Waals surface area contributed by atoms with Gasteiger partial charge in [0.25, 0.3) is 0 Å². The third-order valence-corrected chi connectivity index (χ3v) is 7.51. The number of rotatable bonds is 6.